The first kappa shape index (κ1) is 17.0. The number of hydrogen-bond acceptors (Lipinski definition) is 3. The maximum atomic E-state index is 11.7. The van der Waals surface area contributed by atoms with E-state index in [0.717, 1.165) is 5.56 Å². The SMILES string of the molecule is Cn1cc(CNC(=O)NCC(CC(C)(C)C)C(=O)O)cn1. The van der Waals surface area contributed by atoms with Crippen molar-refractivity contribution in [3.8, 4) is 0 Å². The van der Waals surface area contributed by atoms with E-state index in [0.29, 0.717) is 13.0 Å². The standard InChI is InChI=1S/C14H24N4O3/c1-14(2,3)5-11(12(19)20)8-16-13(21)15-6-10-7-17-18(4)9-10/h7,9,11H,5-6,8H2,1-4H3,(H,19,20)(H2,15,16,21). The first-order valence-electron chi connectivity index (χ1n) is 6.89. The molecule has 0 saturated carbocycles. The number of aliphatic carboxylic acids is 1. The minimum atomic E-state index is -0.891. The van der Waals surface area contributed by atoms with E-state index in [9.17, 15) is 14.7 Å². The predicted molar refractivity (Wildman–Crippen MR) is 78.6 cm³/mol. The van der Waals surface area contributed by atoms with Gasteiger partial charge in [-0.25, -0.2) is 4.79 Å². The average Bonchev–Trinajstić information content (AvgIpc) is 2.76. The van der Waals surface area contributed by atoms with Crippen molar-refractivity contribution in [2.24, 2.45) is 18.4 Å². The summed E-state index contributed by atoms with van der Waals surface area (Å²) in [5, 5.41) is 18.5. The summed E-state index contributed by atoms with van der Waals surface area (Å²) < 4.78 is 1.65. The number of aryl methyl sites for hydroxylation is 1. The molecule has 0 spiro atoms. The highest BCUT2D eigenvalue weighted by Crippen LogP contribution is 2.24. The van der Waals surface area contributed by atoms with E-state index < -0.39 is 11.9 Å². The Morgan fingerprint density at radius 2 is 2.05 bits per heavy atom. The van der Waals surface area contributed by atoms with E-state index in [4.69, 9.17) is 0 Å². The number of nitrogens with one attached hydrogen (secondary N) is 2. The van der Waals surface area contributed by atoms with Crippen LogP contribution in [0.3, 0.4) is 0 Å². The van der Waals surface area contributed by atoms with Crippen molar-refractivity contribution in [2.45, 2.75) is 33.7 Å². The number of aromatic nitrogens is 2. The van der Waals surface area contributed by atoms with E-state index >= 15 is 0 Å². The molecule has 1 unspecified atom stereocenters. The maximum Gasteiger partial charge on any atom is 0.315 e. The zero-order chi connectivity index (χ0) is 16.0. The third-order valence-corrected chi connectivity index (χ3v) is 2.93. The van der Waals surface area contributed by atoms with Crippen molar-refractivity contribution >= 4 is 12.0 Å². The van der Waals surface area contributed by atoms with Gasteiger partial charge >= 0.3 is 12.0 Å². The summed E-state index contributed by atoms with van der Waals surface area (Å²) in [4.78, 5) is 22.9. The molecule has 0 bridgehead atoms. The second-order valence-corrected chi connectivity index (χ2v) is 6.39. The van der Waals surface area contributed by atoms with Crippen LogP contribution in [0.5, 0.6) is 0 Å². The highest BCUT2D eigenvalue weighted by atomic mass is 16.4. The van der Waals surface area contributed by atoms with Crippen LogP contribution in [0.4, 0.5) is 4.79 Å². The monoisotopic (exact) mass is 296 g/mol. The van der Waals surface area contributed by atoms with Crippen LogP contribution in [0.1, 0.15) is 32.8 Å². The first-order valence-corrected chi connectivity index (χ1v) is 6.89. The number of urea groups is 1. The molecule has 7 heteroatoms. The lowest BCUT2D eigenvalue weighted by molar-refractivity contribution is -0.142. The number of rotatable bonds is 6. The largest absolute Gasteiger partial charge is 0.481 e. The van der Waals surface area contributed by atoms with Gasteiger partial charge in [0.1, 0.15) is 0 Å². The fourth-order valence-corrected chi connectivity index (χ4v) is 2.01. The van der Waals surface area contributed by atoms with Gasteiger partial charge < -0.3 is 15.7 Å². The van der Waals surface area contributed by atoms with Crippen LogP contribution < -0.4 is 10.6 Å². The van der Waals surface area contributed by atoms with E-state index in [-0.39, 0.29) is 18.0 Å². The number of hydrogen-bond donors (Lipinski definition) is 3. The Balaban J connectivity index is 2.37. The molecular formula is C14H24N4O3. The topological polar surface area (TPSA) is 96.2 Å². The molecule has 118 valence electrons. The van der Waals surface area contributed by atoms with Crippen molar-refractivity contribution in [3.05, 3.63) is 18.0 Å². The molecule has 0 aromatic carbocycles. The summed E-state index contributed by atoms with van der Waals surface area (Å²) in [5.74, 6) is -1.48. The maximum absolute atomic E-state index is 11.7. The molecule has 0 aliphatic carbocycles. The molecule has 0 radical (unpaired) electrons. The molecule has 0 fully saturated rings. The molecule has 1 heterocycles. The molecule has 7 nitrogen and oxygen atoms in total. The van der Waals surface area contributed by atoms with Gasteiger partial charge in [0.15, 0.2) is 0 Å². The van der Waals surface area contributed by atoms with Crippen molar-refractivity contribution in [3.63, 3.8) is 0 Å². The molecule has 1 aromatic heterocycles. The fourth-order valence-electron chi connectivity index (χ4n) is 2.01. The number of carbonyl (C=O) groups excluding carboxylic acids is 1. The Morgan fingerprint density at radius 1 is 1.38 bits per heavy atom. The van der Waals surface area contributed by atoms with Gasteiger partial charge in [-0.3, -0.25) is 9.48 Å². The quantitative estimate of drug-likeness (QED) is 0.738. The summed E-state index contributed by atoms with van der Waals surface area (Å²) in [6, 6.07) is -0.376. The summed E-state index contributed by atoms with van der Waals surface area (Å²) in [5.41, 5.74) is 0.786. The molecular weight excluding hydrogens is 272 g/mol. The fraction of sp³-hybridized carbons (Fsp3) is 0.643. The normalized spacial score (nSPS) is 12.8. The van der Waals surface area contributed by atoms with Crippen LogP contribution in [0.25, 0.3) is 0 Å². The summed E-state index contributed by atoms with van der Waals surface area (Å²) in [7, 11) is 1.80. The van der Waals surface area contributed by atoms with E-state index in [1.807, 2.05) is 20.8 Å². The van der Waals surface area contributed by atoms with Crippen molar-refractivity contribution < 1.29 is 14.7 Å². The molecule has 21 heavy (non-hydrogen) atoms. The number of carbonyl (C=O) groups is 2. The Bertz CT molecular complexity index is 491. The number of nitrogens with zero attached hydrogens (tertiary/aromatic N) is 2. The minimum absolute atomic E-state index is 0.100. The zero-order valence-corrected chi connectivity index (χ0v) is 13.0. The van der Waals surface area contributed by atoms with Gasteiger partial charge in [0.25, 0.3) is 0 Å². The van der Waals surface area contributed by atoms with Gasteiger partial charge in [-0.15, -0.1) is 0 Å². The van der Waals surface area contributed by atoms with Crippen LogP contribution in [-0.4, -0.2) is 33.4 Å². The minimum Gasteiger partial charge on any atom is -0.481 e. The van der Waals surface area contributed by atoms with Gasteiger partial charge in [-0.05, 0) is 11.8 Å². The van der Waals surface area contributed by atoms with Gasteiger partial charge in [0.2, 0.25) is 0 Å². The highest BCUT2D eigenvalue weighted by Gasteiger charge is 2.24. The second kappa shape index (κ2) is 7.10. The summed E-state index contributed by atoms with van der Waals surface area (Å²) >= 11 is 0. The third kappa shape index (κ3) is 6.78. The van der Waals surface area contributed by atoms with Crippen molar-refractivity contribution in [1.29, 1.82) is 0 Å². The van der Waals surface area contributed by atoms with Crippen LogP contribution >= 0.6 is 0 Å². The Labute approximate surface area is 124 Å². The van der Waals surface area contributed by atoms with Crippen LogP contribution in [-0.2, 0) is 18.4 Å². The lowest BCUT2D eigenvalue weighted by Crippen LogP contribution is -2.40. The van der Waals surface area contributed by atoms with Gasteiger partial charge in [0, 0.05) is 31.9 Å². The molecule has 3 N–H and O–H groups in total. The molecule has 0 aliphatic heterocycles. The van der Waals surface area contributed by atoms with Crippen LogP contribution in [0.2, 0.25) is 0 Å². The third-order valence-electron chi connectivity index (χ3n) is 2.93. The highest BCUT2D eigenvalue weighted by molar-refractivity contribution is 5.75. The molecule has 0 saturated heterocycles. The van der Waals surface area contributed by atoms with Gasteiger partial charge in [-0.2, -0.15) is 5.10 Å². The Morgan fingerprint density at radius 3 is 2.52 bits per heavy atom. The molecule has 1 aromatic rings. The molecule has 0 aliphatic rings. The molecule has 2 amide bonds. The lowest BCUT2D eigenvalue weighted by atomic mass is 9.84. The van der Waals surface area contributed by atoms with E-state index in [2.05, 4.69) is 15.7 Å². The van der Waals surface area contributed by atoms with E-state index in [1.54, 1.807) is 24.1 Å². The van der Waals surface area contributed by atoms with Crippen molar-refractivity contribution in [1.82, 2.24) is 20.4 Å². The lowest BCUT2D eigenvalue weighted by Gasteiger charge is -2.23. The molecule has 1 atom stereocenters. The number of carboxylic acids is 1. The summed E-state index contributed by atoms with van der Waals surface area (Å²) in [6.07, 6.45) is 3.98. The van der Waals surface area contributed by atoms with Crippen molar-refractivity contribution in [2.75, 3.05) is 6.54 Å². The van der Waals surface area contributed by atoms with Gasteiger partial charge in [0.05, 0.1) is 12.1 Å². The zero-order valence-electron chi connectivity index (χ0n) is 13.0. The van der Waals surface area contributed by atoms with E-state index in [1.165, 1.54) is 0 Å². The van der Waals surface area contributed by atoms with Gasteiger partial charge in [-0.1, -0.05) is 20.8 Å². The smallest absolute Gasteiger partial charge is 0.315 e. The average molecular weight is 296 g/mol. The Hall–Kier alpha value is -2.05. The first-order chi connectivity index (χ1) is 9.67. The van der Waals surface area contributed by atoms with Crippen LogP contribution in [0, 0.1) is 11.3 Å². The number of carboxylic acid groups (broad SMARTS) is 1. The predicted octanol–water partition coefficient (Wildman–Crippen LogP) is 1.36. The number of amides is 2. The molecule has 1 rings (SSSR count). The second-order valence-electron chi connectivity index (χ2n) is 6.39. The Kier molecular flexibility index (Phi) is 5.75. The van der Waals surface area contributed by atoms with Crippen LogP contribution in [0.15, 0.2) is 12.4 Å². The summed E-state index contributed by atoms with van der Waals surface area (Å²) in [6.45, 7) is 6.41.